The van der Waals surface area contributed by atoms with Crippen molar-refractivity contribution in [2.45, 2.75) is 12.8 Å². The number of amides is 3. The first-order chi connectivity index (χ1) is 9.12. The second-order valence-corrected chi connectivity index (χ2v) is 5.21. The molecule has 0 radical (unpaired) electrons. The van der Waals surface area contributed by atoms with E-state index >= 15 is 0 Å². The minimum absolute atomic E-state index is 0.0873. The monoisotopic (exact) mass is 260 g/mol. The summed E-state index contributed by atoms with van der Waals surface area (Å²) in [5, 5.41) is 0. The number of pyridine rings is 1. The van der Waals surface area contributed by atoms with Crippen molar-refractivity contribution in [3.05, 3.63) is 24.5 Å². The van der Waals surface area contributed by atoms with Crippen LogP contribution in [0.15, 0.2) is 24.5 Å². The second kappa shape index (κ2) is 4.22. The van der Waals surface area contributed by atoms with Crippen LogP contribution >= 0.6 is 0 Å². The SMILES string of the molecule is NC(=O)N1CC[C@]2(CCN(c3cccnc3)C2=O)C1. The largest absolute Gasteiger partial charge is 0.351 e. The molecule has 1 aromatic rings. The Morgan fingerprint density at radius 2 is 2.16 bits per heavy atom. The molecule has 3 amide bonds. The van der Waals surface area contributed by atoms with Crippen LogP contribution in [0.1, 0.15) is 12.8 Å². The van der Waals surface area contributed by atoms with E-state index in [9.17, 15) is 9.59 Å². The molecular formula is C13H16N4O2. The van der Waals surface area contributed by atoms with E-state index in [4.69, 9.17) is 5.73 Å². The Morgan fingerprint density at radius 1 is 1.37 bits per heavy atom. The number of primary amides is 1. The molecule has 0 bridgehead atoms. The number of nitrogens with two attached hydrogens (primary N) is 1. The molecule has 2 aliphatic heterocycles. The Bertz CT molecular complexity index is 519. The van der Waals surface area contributed by atoms with Crippen molar-refractivity contribution in [3.63, 3.8) is 0 Å². The first-order valence-corrected chi connectivity index (χ1v) is 6.39. The third-order valence-electron chi connectivity index (χ3n) is 4.14. The number of carbonyl (C=O) groups is 2. The maximum Gasteiger partial charge on any atom is 0.314 e. The summed E-state index contributed by atoms with van der Waals surface area (Å²) in [4.78, 5) is 31.2. The molecule has 0 aromatic carbocycles. The van der Waals surface area contributed by atoms with Gasteiger partial charge in [-0.05, 0) is 25.0 Å². The fourth-order valence-corrected chi connectivity index (χ4v) is 3.02. The topological polar surface area (TPSA) is 79.5 Å². The van der Waals surface area contributed by atoms with Crippen molar-refractivity contribution in [2.24, 2.45) is 11.1 Å². The lowest BCUT2D eigenvalue weighted by molar-refractivity contribution is -0.124. The first kappa shape index (κ1) is 12.0. The highest BCUT2D eigenvalue weighted by Crippen LogP contribution is 2.41. The summed E-state index contributed by atoms with van der Waals surface area (Å²) in [6.45, 7) is 1.69. The number of nitrogens with zero attached hydrogens (tertiary/aromatic N) is 3. The Kier molecular flexibility index (Phi) is 2.66. The van der Waals surface area contributed by atoms with Gasteiger partial charge in [0.25, 0.3) is 0 Å². The van der Waals surface area contributed by atoms with Gasteiger partial charge >= 0.3 is 6.03 Å². The predicted octanol–water partition coefficient (Wildman–Crippen LogP) is 0.589. The minimum atomic E-state index is -0.440. The highest BCUT2D eigenvalue weighted by atomic mass is 16.2. The molecule has 19 heavy (non-hydrogen) atoms. The van der Waals surface area contributed by atoms with Crippen LogP contribution in [0, 0.1) is 5.41 Å². The molecule has 0 unspecified atom stereocenters. The maximum absolute atomic E-state index is 12.6. The van der Waals surface area contributed by atoms with Gasteiger partial charge in [0.1, 0.15) is 0 Å². The maximum atomic E-state index is 12.6. The lowest BCUT2D eigenvalue weighted by Crippen LogP contribution is -2.40. The number of aromatic nitrogens is 1. The molecule has 3 heterocycles. The van der Waals surface area contributed by atoms with E-state index in [1.54, 1.807) is 22.2 Å². The fraction of sp³-hybridized carbons (Fsp3) is 0.462. The van der Waals surface area contributed by atoms with E-state index in [0.29, 0.717) is 26.1 Å². The number of anilines is 1. The molecule has 1 spiro atoms. The lowest BCUT2D eigenvalue weighted by atomic mass is 9.85. The zero-order valence-corrected chi connectivity index (χ0v) is 10.6. The standard InChI is InChI=1S/C13H16N4O2/c14-12(19)16-6-3-13(9-16)4-7-17(11(13)18)10-2-1-5-15-8-10/h1-2,5,8H,3-4,6-7,9H2,(H2,14,19)/t13-/m0/s1. The summed E-state index contributed by atoms with van der Waals surface area (Å²) in [5.74, 6) is 0.0873. The van der Waals surface area contributed by atoms with Crippen LogP contribution in [0.4, 0.5) is 10.5 Å². The van der Waals surface area contributed by atoms with E-state index in [0.717, 1.165) is 12.1 Å². The second-order valence-electron chi connectivity index (χ2n) is 5.21. The van der Waals surface area contributed by atoms with Gasteiger partial charge in [-0.25, -0.2) is 4.79 Å². The van der Waals surface area contributed by atoms with Crippen molar-refractivity contribution in [1.29, 1.82) is 0 Å². The van der Waals surface area contributed by atoms with Crippen LogP contribution in [0.3, 0.4) is 0 Å². The molecule has 6 nitrogen and oxygen atoms in total. The fourth-order valence-electron chi connectivity index (χ4n) is 3.02. The number of likely N-dealkylation sites (tertiary alicyclic amines) is 1. The smallest absolute Gasteiger partial charge is 0.314 e. The van der Waals surface area contributed by atoms with E-state index in [-0.39, 0.29) is 5.91 Å². The normalized spacial score (nSPS) is 26.4. The van der Waals surface area contributed by atoms with Gasteiger partial charge < -0.3 is 15.5 Å². The average Bonchev–Trinajstić information content (AvgIpc) is 2.98. The molecule has 1 aromatic heterocycles. The zero-order valence-electron chi connectivity index (χ0n) is 10.6. The molecule has 100 valence electrons. The first-order valence-electron chi connectivity index (χ1n) is 6.39. The van der Waals surface area contributed by atoms with E-state index < -0.39 is 11.4 Å². The number of carbonyl (C=O) groups excluding carboxylic acids is 2. The number of hydrogen-bond donors (Lipinski definition) is 1. The Labute approximate surface area is 111 Å². The number of rotatable bonds is 1. The lowest BCUT2D eigenvalue weighted by Gasteiger charge is -2.22. The average molecular weight is 260 g/mol. The van der Waals surface area contributed by atoms with Crippen molar-refractivity contribution in [1.82, 2.24) is 9.88 Å². The van der Waals surface area contributed by atoms with Crippen LogP contribution in [0.2, 0.25) is 0 Å². The van der Waals surface area contributed by atoms with Gasteiger partial charge in [-0.3, -0.25) is 9.78 Å². The van der Waals surface area contributed by atoms with Crippen LogP contribution in [0.25, 0.3) is 0 Å². The Hall–Kier alpha value is -2.11. The van der Waals surface area contributed by atoms with Crippen molar-refractivity contribution in [3.8, 4) is 0 Å². The van der Waals surface area contributed by atoms with Gasteiger partial charge in [0, 0.05) is 25.8 Å². The molecule has 0 saturated carbocycles. The van der Waals surface area contributed by atoms with Crippen molar-refractivity contribution < 1.29 is 9.59 Å². The molecule has 2 N–H and O–H groups in total. The summed E-state index contributed by atoms with van der Waals surface area (Å²) in [6.07, 6.45) is 4.85. The number of hydrogen-bond acceptors (Lipinski definition) is 3. The highest BCUT2D eigenvalue weighted by molar-refractivity contribution is 6.00. The third kappa shape index (κ3) is 1.83. The molecule has 3 rings (SSSR count). The van der Waals surface area contributed by atoms with Gasteiger partial charge in [-0.2, -0.15) is 0 Å². The van der Waals surface area contributed by atoms with Gasteiger partial charge in [0.15, 0.2) is 0 Å². The van der Waals surface area contributed by atoms with Gasteiger partial charge in [0.2, 0.25) is 5.91 Å². The Morgan fingerprint density at radius 3 is 2.79 bits per heavy atom. The molecule has 2 aliphatic rings. The van der Waals surface area contributed by atoms with E-state index in [1.165, 1.54) is 0 Å². The van der Waals surface area contributed by atoms with Crippen LogP contribution < -0.4 is 10.6 Å². The Balaban J connectivity index is 1.82. The summed E-state index contributed by atoms with van der Waals surface area (Å²) in [5.41, 5.74) is 5.67. The molecule has 2 saturated heterocycles. The van der Waals surface area contributed by atoms with Gasteiger partial charge in [-0.1, -0.05) is 0 Å². The number of urea groups is 1. The van der Waals surface area contributed by atoms with Gasteiger partial charge in [-0.15, -0.1) is 0 Å². The minimum Gasteiger partial charge on any atom is -0.351 e. The summed E-state index contributed by atoms with van der Waals surface area (Å²) < 4.78 is 0. The third-order valence-corrected chi connectivity index (χ3v) is 4.14. The zero-order chi connectivity index (χ0) is 13.5. The quantitative estimate of drug-likeness (QED) is 0.802. The summed E-state index contributed by atoms with van der Waals surface area (Å²) >= 11 is 0. The van der Waals surface area contributed by atoms with E-state index in [1.807, 2.05) is 12.1 Å². The molecule has 1 atom stereocenters. The molecular weight excluding hydrogens is 244 g/mol. The van der Waals surface area contributed by atoms with Crippen molar-refractivity contribution in [2.75, 3.05) is 24.5 Å². The molecule has 2 fully saturated rings. The van der Waals surface area contributed by atoms with E-state index in [2.05, 4.69) is 4.98 Å². The highest BCUT2D eigenvalue weighted by Gasteiger charge is 2.51. The van der Waals surface area contributed by atoms with Crippen molar-refractivity contribution >= 4 is 17.6 Å². The molecule has 6 heteroatoms. The van der Waals surface area contributed by atoms with Crippen LogP contribution in [0.5, 0.6) is 0 Å². The van der Waals surface area contributed by atoms with Gasteiger partial charge in [0.05, 0.1) is 17.3 Å². The molecule has 0 aliphatic carbocycles. The van der Waals surface area contributed by atoms with Crippen LogP contribution in [-0.4, -0.2) is 41.5 Å². The summed E-state index contributed by atoms with van der Waals surface area (Å²) in [6, 6.07) is 3.26. The predicted molar refractivity (Wildman–Crippen MR) is 69.4 cm³/mol. The summed E-state index contributed by atoms with van der Waals surface area (Å²) in [7, 11) is 0. The van der Waals surface area contributed by atoms with Crippen LogP contribution in [-0.2, 0) is 4.79 Å².